The predicted octanol–water partition coefficient (Wildman–Crippen LogP) is 3.89. The number of thiophene rings is 1. The Bertz CT molecular complexity index is 1030. The zero-order chi connectivity index (χ0) is 18.6. The second-order valence-corrected chi connectivity index (χ2v) is 7.03. The molecule has 0 aliphatic heterocycles. The zero-order valence-corrected chi connectivity index (χ0v) is 15.4. The molecule has 3 heterocycles. The van der Waals surface area contributed by atoms with Gasteiger partial charge in [-0.05, 0) is 23.9 Å². The van der Waals surface area contributed by atoms with Crippen LogP contribution >= 0.6 is 11.3 Å². The Morgan fingerprint density at radius 1 is 1.04 bits per heavy atom. The van der Waals surface area contributed by atoms with Crippen molar-refractivity contribution in [2.24, 2.45) is 0 Å². The van der Waals surface area contributed by atoms with E-state index in [0.29, 0.717) is 11.6 Å². The van der Waals surface area contributed by atoms with E-state index in [-0.39, 0.29) is 12.5 Å². The summed E-state index contributed by atoms with van der Waals surface area (Å²) >= 11 is 1.63. The molecule has 0 spiro atoms. The number of carbonyl (C=O) groups is 1. The third-order valence-electron chi connectivity index (χ3n) is 4.00. The molecule has 0 bridgehead atoms. The van der Waals surface area contributed by atoms with E-state index >= 15 is 0 Å². The Balaban J connectivity index is 1.33. The van der Waals surface area contributed by atoms with E-state index in [1.54, 1.807) is 11.3 Å². The second-order valence-electron chi connectivity index (χ2n) is 6.08. The fourth-order valence-corrected chi connectivity index (χ4v) is 3.29. The number of carbonyl (C=O) groups excluding carboxylic acids is 1. The molecular weight excluding hydrogens is 360 g/mol. The van der Waals surface area contributed by atoms with Gasteiger partial charge < -0.3 is 10.6 Å². The number of nitrogens with one attached hydrogen (secondary N) is 4. The van der Waals surface area contributed by atoms with Crippen LogP contribution in [0.15, 0.2) is 53.9 Å². The normalized spacial score (nSPS) is 10.7. The van der Waals surface area contributed by atoms with Gasteiger partial charge in [0.2, 0.25) is 5.91 Å². The summed E-state index contributed by atoms with van der Waals surface area (Å²) in [5.74, 6) is 0.909. The lowest BCUT2D eigenvalue weighted by Crippen LogP contribution is -2.22. The van der Waals surface area contributed by atoms with Crippen molar-refractivity contribution in [2.45, 2.75) is 6.92 Å². The first-order valence-electron chi connectivity index (χ1n) is 8.43. The summed E-state index contributed by atoms with van der Waals surface area (Å²) in [4.78, 5) is 13.2. The summed E-state index contributed by atoms with van der Waals surface area (Å²) < 4.78 is 0. The van der Waals surface area contributed by atoms with E-state index in [9.17, 15) is 4.79 Å². The number of aromatic amines is 2. The maximum absolute atomic E-state index is 12.1. The third-order valence-corrected chi connectivity index (χ3v) is 4.91. The van der Waals surface area contributed by atoms with Gasteiger partial charge in [0.25, 0.3) is 0 Å². The molecule has 4 rings (SSSR count). The molecule has 0 aliphatic rings. The van der Waals surface area contributed by atoms with Crippen LogP contribution in [0.25, 0.3) is 21.8 Å². The maximum atomic E-state index is 12.1. The van der Waals surface area contributed by atoms with Gasteiger partial charge >= 0.3 is 0 Å². The van der Waals surface area contributed by atoms with Crippen LogP contribution in [0, 0.1) is 6.92 Å². The number of benzene rings is 1. The SMILES string of the molecule is Cc1ccc(-c2cc(NC(=O)CNc3cc(-c4cccs4)[nH]n3)n[nH]2)cc1. The number of hydrogen-bond donors (Lipinski definition) is 4. The van der Waals surface area contributed by atoms with E-state index in [4.69, 9.17) is 0 Å². The van der Waals surface area contributed by atoms with Crippen LogP contribution < -0.4 is 10.6 Å². The topological polar surface area (TPSA) is 98.5 Å². The second kappa shape index (κ2) is 7.46. The van der Waals surface area contributed by atoms with Crippen LogP contribution in [0.4, 0.5) is 11.6 Å². The summed E-state index contributed by atoms with van der Waals surface area (Å²) in [7, 11) is 0. The molecule has 0 unspecified atom stereocenters. The average molecular weight is 378 g/mol. The lowest BCUT2D eigenvalue weighted by Gasteiger charge is -2.02. The lowest BCUT2D eigenvalue weighted by atomic mass is 10.1. The van der Waals surface area contributed by atoms with E-state index in [2.05, 4.69) is 31.0 Å². The first kappa shape index (κ1) is 17.0. The number of aryl methyl sites for hydroxylation is 1. The molecule has 1 amide bonds. The molecule has 8 heteroatoms. The van der Waals surface area contributed by atoms with Gasteiger partial charge in [-0.25, -0.2) is 0 Å². The van der Waals surface area contributed by atoms with Gasteiger partial charge in [-0.1, -0.05) is 35.9 Å². The molecule has 0 fully saturated rings. The first-order valence-corrected chi connectivity index (χ1v) is 9.31. The van der Waals surface area contributed by atoms with Gasteiger partial charge in [0.1, 0.15) is 5.82 Å². The van der Waals surface area contributed by atoms with Crippen LogP contribution in [0.3, 0.4) is 0 Å². The standard InChI is InChI=1S/C19H18N6OS/c1-12-4-6-13(7-5-12)14-9-18(25-22-14)21-19(26)11-20-17-10-15(23-24-17)16-3-2-8-27-16/h2-10H,11H2,1H3,(H2,20,23,24)(H2,21,22,25,26). The summed E-state index contributed by atoms with van der Waals surface area (Å²) in [6.45, 7) is 2.14. The summed E-state index contributed by atoms with van der Waals surface area (Å²) in [5, 5.41) is 22.0. The van der Waals surface area contributed by atoms with Crippen molar-refractivity contribution < 1.29 is 4.79 Å². The Morgan fingerprint density at radius 3 is 2.56 bits per heavy atom. The third kappa shape index (κ3) is 4.06. The molecule has 4 N–H and O–H groups in total. The molecule has 3 aromatic heterocycles. The van der Waals surface area contributed by atoms with Gasteiger partial charge in [0, 0.05) is 12.1 Å². The summed E-state index contributed by atoms with van der Waals surface area (Å²) in [6.07, 6.45) is 0. The molecule has 4 aromatic rings. The molecule has 7 nitrogen and oxygen atoms in total. The number of nitrogens with zero attached hydrogens (tertiary/aromatic N) is 2. The number of amides is 1. The van der Waals surface area contributed by atoms with Crippen molar-refractivity contribution >= 4 is 28.9 Å². The highest BCUT2D eigenvalue weighted by Crippen LogP contribution is 2.24. The van der Waals surface area contributed by atoms with Gasteiger partial charge in [-0.15, -0.1) is 11.3 Å². The van der Waals surface area contributed by atoms with Crippen LogP contribution in [-0.4, -0.2) is 32.8 Å². The number of rotatable bonds is 6. The number of hydrogen-bond acceptors (Lipinski definition) is 5. The molecule has 0 saturated carbocycles. The number of anilines is 2. The molecule has 136 valence electrons. The van der Waals surface area contributed by atoms with Gasteiger partial charge in [-0.2, -0.15) is 10.2 Å². The minimum Gasteiger partial charge on any atom is -0.360 e. The molecule has 0 radical (unpaired) electrons. The number of aromatic nitrogens is 4. The van der Waals surface area contributed by atoms with E-state index in [0.717, 1.165) is 21.8 Å². The minimum absolute atomic E-state index is 0.0987. The molecule has 1 aromatic carbocycles. The summed E-state index contributed by atoms with van der Waals surface area (Å²) in [6, 6.07) is 15.8. The molecule has 0 atom stereocenters. The molecular formula is C19H18N6OS. The van der Waals surface area contributed by atoms with Gasteiger partial charge in [0.15, 0.2) is 5.82 Å². The Labute approximate surface area is 159 Å². The van der Waals surface area contributed by atoms with Crippen molar-refractivity contribution in [1.29, 1.82) is 0 Å². The van der Waals surface area contributed by atoms with E-state index in [1.807, 2.05) is 60.8 Å². The molecule has 27 heavy (non-hydrogen) atoms. The van der Waals surface area contributed by atoms with Crippen molar-refractivity contribution in [1.82, 2.24) is 20.4 Å². The Morgan fingerprint density at radius 2 is 1.78 bits per heavy atom. The summed E-state index contributed by atoms with van der Waals surface area (Å²) in [5.41, 5.74) is 3.98. The lowest BCUT2D eigenvalue weighted by molar-refractivity contribution is -0.114. The highest BCUT2D eigenvalue weighted by atomic mass is 32.1. The highest BCUT2D eigenvalue weighted by molar-refractivity contribution is 7.13. The maximum Gasteiger partial charge on any atom is 0.244 e. The van der Waals surface area contributed by atoms with Crippen molar-refractivity contribution in [3.8, 4) is 21.8 Å². The van der Waals surface area contributed by atoms with Crippen LogP contribution in [0.2, 0.25) is 0 Å². The van der Waals surface area contributed by atoms with Gasteiger partial charge in [-0.3, -0.25) is 15.0 Å². The molecule has 0 aliphatic carbocycles. The van der Waals surface area contributed by atoms with Crippen molar-refractivity contribution in [3.05, 3.63) is 59.5 Å². The Hall–Kier alpha value is -3.39. The fraction of sp³-hybridized carbons (Fsp3) is 0.105. The van der Waals surface area contributed by atoms with Crippen LogP contribution in [0.5, 0.6) is 0 Å². The van der Waals surface area contributed by atoms with Crippen molar-refractivity contribution in [2.75, 3.05) is 17.2 Å². The van der Waals surface area contributed by atoms with Crippen LogP contribution in [0.1, 0.15) is 5.56 Å². The fourth-order valence-electron chi connectivity index (χ4n) is 2.59. The number of H-pyrrole nitrogens is 2. The van der Waals surface area contributed by atoms with Crippen LogP contribution in [-0.2, 0) is 4.79 Å². The minimum atomic E-state index is -0.197. The smallest absolute Gasteiger partial charge is 0.244 e. The average Bonchev–Trinajstić information content (AvgIpc) is 3.42. The Kier molecular flexibility index (Phi) is 4.71. The predicted molar refractivity (Wildman–Crippen MR) is 108 cm³/mol. The molecule has 0 saturated heterocycles. The highest BCUT2D eigenvalue weighted by Gasteiger charge is 2.09. The van der Waals surface area contributed by atoms with E-state index in [1.165, 1.54) is 5.56 Å². The van der Waals surface area contributed by atoms with E-state index < -0.39 is 0 Å². The largest absolute Gasteiger partial charge is 0.360 e. The monoisotopic (exact) mass is 378 g/mol. The quantitative estimate of drug-likeness (QED) is 0.409. The zero-order valence-electron chi connectivity index (χ0n) is 14.6. The van der Waals surface area contributed by atoms with Gasteiger partial charge in [0.05, 0.1) is 22.8 Å². The first-order chi connectivity index (χ1) is 13.2. The van der Waals surface area contributed by atoms with Crippen molar-refractivity contribution in [3.63, 3.8) is 0 Å².